The largest absolute Gasteiger partial charge is 0.469 e. The first-order valence-electron chi connectivity index (χ1n) is 3.87. The second-order valence-corrected chi connectivity index (χ2v) is 2.72. The molecule has 12 heavy (non-hydrogen) atoms. The van der Waals surface area contributed by atoms with E-state index in [0.717, 1.165) is 5.76 Å². The van der Waals surface area contributed by atoms with Gasteiger partial charge < -0.3 is 9.15 Å². The number of ether oxygens (including phenoxy) is 1. The van der Waals surface area contributed by atoms with Crippen LogP contribution in [0.1, 0.15) is 25.5 Å². The van der Waals surface area contributed by atoms with E-state index in [1.54, 1.807) is 6.26 Å². The van der Waals surface area contributed by atoms with Gasteiger partial charge in [-0.25, -0.2) is 0 Å². The molecule has 1 aromatic rings. The molecule has 0 amide bonds. The van der Waals surface area contributed by atoms with E-state index in [1.165, 1.54) is 6.92 Å². The third-order valence-electron chi connectivity index (χ3n) is 1.57. The maximum Gasteiger partial charge on any atom is 0.302 e. The molecule has 0 saturated heterocycles. The van der Waals surface area contributed by atoms with Gasteiger partial charge in [0.15, 0.2) is 0 Å². The quantitative estimate of drug-likeness (QED) is 0.647. The van der Waals surface area contributed by atoms with Crippen molar-refractivity contribution < 1.29 is 13.9 Å². The van der Waals surface area contributed by atoms with Crippen LogP contribution in [0.4, 0.5) is 0 Å². The summed E-state index contributed by atoms with van der Waals surface area (Å²) in [6.45, 7) is 3.72. The first-order chi connectivity index (χ1) is 5.70. The smallest absolute Gasteiger partial charge is 0.302 e. The van der Waals surface area contributed by atoms with E-state index < -0.39 is 0 Å². The van der Waals surface area contributed by atoms with E-state index in [0.29, 0.717) is 6.61 Å². The van der Waals surface area contributed by atoms with Gasteiger partial charge in [0.2, 0.25) is 0 Å². The van der Waals surface area contributed by atoms with Crippen LogP contribution in [-0.4, -0.2) is 12.6 Å². The summed E-state index contributed by atoms with van der Waals surface area (Å²) in [5.41, 5.74) is 0. The zero-order valence-corrected chi connectivity index (χ0v) is 7.24. The van der Waals surface area contributed by atoms with E-state index in [4.69, 9.17) is 9.15 Å². The van der Waals surface area contributed by atoms with Crippen LogP contribution in [0, 0.1) is 0 Å². The summed E-state index contributed by atoms with van der Waals surface area (Å²) >= 11 is 0. The van der Waals surface area contributed by atoms with Crippen LogP contribution < -0.4 is 0 Å². The van der Waals surface area contributed by atoms with E-state index in [9.17, 15) is 4.79 Å². The summed E-state index contributed by atoms with van der Waals surface area (Å²) in [4.78, 5) is 10.5. The first-order valence-corrected chi connectivity index (χ1v) is 3.87. The fraction of sp³-hybridized carbons (Fsp3) is 0.444. The number of carbonyl (C=O) groups excluding carboxylic acids is 1. The first kappa shape index (κ1) is 8.84. The van der Waals surface area contributed by atoms with Crippen molar-refractivity contribution in [2.24, 2.45) is 0 Å². The molecule has 0 saturated carbocycles. The van der Waals surface area contributed by atoms with Crippen LogP contribution >= 0.6 is 0 Å². The van der Waals surface area contributed by atoms with Gasteiger partial charge in [-0.05, 0) is 12.1 Å². The minimum absolute atomic E-state index is 0.129. The van der Waals surface area contributed by atoms with Gasteiger partial charge in [0, 0.05) is 12.8 Å². The van der Waals surface area contributed by atoms with Crippen molar-refractivity contribution in [1.29, 1.82) is 0 Å². The van der Waals surface area contributed by atoms with Gasteiger partial charge in [0.25, 0.3) is 0 Å². The molecule has 0 aromatic carbocycles. The molecule has 0 aliphatic heterocycles. The molecule has 0 aliphatic carbocycles. The van der Waals surface area contributed by atoms with Crippen LogP contribution in [-0.2, 0) is 9.53 Å². The van der Waals surface area contributed by atoms with Gasteiger partial charge in [-0.3, -0.25) is 4.79 Å². The number of carbonyl (C=O) groups is 1. The molecule has 1 rings (SSSR count). The van der Waals surface area contributed by atoms with Crippen molar-refractivity contribution in [1.82, 2.24) is 0 Å². The van der Waals surface area contributed by atoms with Crippen molar-refractivity contribution in [2.75, 3.05) is 6.61 Å². The topological polar surface area (TPSA) is 39.4 Å². The number of rotatable bonds is 3. The van der Waals surface area contributed by atoms with Crippen LogP contribution in [0.2, 0.25) is 0 Å². The van der Waals surface area contributed by atoms with Crippen LogP contribution in [0.25, 0.3) is 0 Å². The average molecular weight is 168 g/mol. The second kappa shape index (κ2) is 3.95. The summed E-state index contributed by atoms with van der Waals surface area (Å²) in [7, 11) is 0. The molecular weight excluding hydrogens is 156 g/mol. The van der Waals surface area contributed by atoms with Gasteiger partial charge in [-0.1, -0.05) is 6.92 Å². The van der Waals surface area contributed by atoms with Crippen molar-refractivity contribution in [3.63, 3.8) is 0 Å². The number of furan rings is 1. The molecule has 0 N–H and O–H groups in total. The lowest BCUT2D eigenvalue weighted by Gasteiger charge is -2.07. The van der Waals surface area contributed by atoms with Gasteiger partial charge in [0.1, 0.15) is 12.4 Å². The van der Waals surface area contributed by atoms with Crippen LogP contribution in [0.3, 0.4) is 0 Å². The Hall–Kier alpha value is -1.25. The predicted octanol–water partition coefficient (Wildman–Crippen LogP) is 1.95. The molecule has 0 fully saturated rings. The average Bonchev–Trinajstić information content (AvgIpc) is 2.51. The summed E-state index contributed by atoms with van der Waals surface area (Å²) in [5, 5.41) is 0. The molecule has 1 aromatic heterocycles. The standard InChI is InChI=1S/C9H12O3/c1-7(6-12-8(2)10)9-4-3-5-11-9/h3-5,7H,6H2,1-2H3. The monoisotopic (exact) mass is 168 g/mol. The molecule has 3 nitrogen and oxygen atoms in total. The Kier molecular flexibility index (Phi) is 2.91. The third kappa shape index (κ3) is 2.42. The molecule has 1 unspecified atom stereocenters. The predicted molar refractivity (Wildman–Crippen MR) is 43.8 cm³/mol. The summed E-state index contributed by atoms with van der Waals surface area (Å²) in [5.74, 6) is 0.716. The number of hydrogen-bond donors (Lipinski definition) is 0. The van der Waals surface area contributed by atoms with Gasteiger partial charge in [-0.2, -0.15) is 0 Å². The minimum Gasteiger partial charge on any atom is -0.469 e. The van der Waals surface area contributed by atoms with Crippen LogP contribution in [0.15, 0.2) is 22.8 Å². The molecule has 1 heterocycles. The van der Waals surface area contributed by atoms with E-state index >= 15 is 0 Å². The van der Waals surface area contributed by atoms with Crippen molar-refractivity contribution in [2.45, 2.75) is 19.8 Å². The fourth-order valence-corrected chi connectivity index (χ4v) is 0.896. The van der Waals surface area contributed by atoms with Crippen molar-refractivity contribution in [3.05, 3.63) is 24.2 Å². The maximum atomic E-state index is 10.5. The summed E-state index contributed by atoms with van der Waals surface area (Å²) < 4.78 is 9.96. The lowest BCUT2D eigenvalue weighted by molar-refractivity contribution is -0.141. The molecule has 0 spiro atoms. The molecule has 1 atom stereocenters. The maximum absolute atomic E-state index is 10.5. The highest BCUT2D eigenvalue weighted by molar-refractivity contribution is 5.65. The highest BCUT2D eigenvalue weighted by atomic mass is 16.5. The molecule has 0 aliphatic rings. The summed E-state index contributed by atoms with van der Waals surface area (Å²) in [6, 6.07) is 3.69. The Morgan fingerprint density at radius 3 is 3.00 bits per heavy atom. The van der Waals surface area contributed by atoms with Gasteiger partial charge in [-0.15, -0.1) is 0 Å². The van der Waals surface area contributed by atoms with E-state index in [1.807, 2.05) is 19.1 Å². The van der Waals surface area contributed by atoms with Crippen molar-refractivity contribution in [3.8, 4) is 0 Å². The Bertz CT molecular complexity index is 238. The Labute approximate surface area is 71.3 Å². The molecule has 3 heteroatoms. The Morgan fingerprint density at radius 1 is 1.75 bits per heavy atom. The zero-order chi connectivity index (χ0) is 8.97. The molecule has 66 valence electrons. The van der Waals surface area contributed by atoms with Crippen LogP contribution in [0.5, 0.6) is 0 Å². The Balaban J connectivity index is 2.39. The van der Waals surface area contributed by atoms with Gasteiger partial charge >= 0.3 is 5.97 Å². The second-order valence-electron chi connectivity index (χ2n) is 2.72. The number of esters is 1. The zero-order valence-electron chi connectivity index (χ0n) is 7.24. The molecular formula is C9H12O3. The molecule has 0 radical (unpaired) electrons. The minimum atomic E-state index is -0.256. The number of hydrogen-bond acceptors (Lipinski definition) is 3. The SMILES string of the molecule is CC(=O)OCC(C)c1ccco1. The lowest BCUT2D eigenvalue weighted by atomic mass is 10.1. The molecule has 0 bridgehead atoms. The highest BCUT2D eigenvalue weighted by Crippen LogP contribution is 2.15. The van der Waals surface area contributed by atoms with E-state index in [2.05, 4.69) is 0 Å². The van der Waals surface area contributed by atoms with Crippen molar-refractivity contribution >= 4 is 5.97 Å². The third-order valence-corrected chi connectivity index (χ3v) is 1.57. The van der Waals surface area contributed by atoms with E-state index in [-0.39, 0.29) is 11.9 Å². The van der Waals surface area contributed by atoms with Gasteiger partial charge in [0.05, 0.1) is 6.26 Å². The highest BCUT2D eigenvalue weighted by Gasteiger charge is 2.09. The lowest BCUT2D eigenvalue weighted by Crippen LogP contribution is -2.06. The normalized spacial score (nSPS) is 12.5. The fourth-order valence-electron chi connectivity index (χ4n) is 0.896. The Morgan fingerprint density at radius 2 is 2.50 bits per heavy atom. The summed E-state index contributed by atoms with van der Waals surface area (Å²) in [6.07, 6.45) is 1.61.